The molecule has 0 heterocycles. The highest BCUT2D eigenvalue weighted by molar-refractivity contribution is 7.95. The predicted octanol–water partition coefficient (Wildman–Crippen LogP) is 6.26. The van der Waals surface area contributed by atoms with Crippen LogP contribution in [0.5, 0.6) is 0 Å². The van der Waals surface area contributed by atoms with Gasteiger partial charge in [-0.1, -0.05) is 71.8 Å². The van der Waals surface area contributed by atoms with Gasteiger partial charge < -0.3 is 4.74 Å². The van der Waals surface area contributed by atoms with Crippen LogP contribution in [-0.4, -0.2) is 13.0 Å². The Kier molecular flexibility index (Phi) is 8.20. The predicted molar refractivity (Wildman–Crippen MR) is 134 cm³/mol. The Labute approximate surface area is 182 Å². The second kappa shape index (κ2) is 11.1. The van der Waals surface area contributed by atoms with Crippen LogP contribution < -0.4 is 15.9 Å². The minimum Gasteiger partial charge on any atom is -0.341 e. The molecule has 0 aliphatic rings. The molecule has 2 heteroatoms. The molecule has 30 heavy (non-hydrogen) atoms. The molecule has 0 N–H and O–H groups in total. The lowest BCUT2D eigenvalue weighted by molar-refractivity contribution is 0.205. The molecule has 0 aromatic heterocycles. The van der Waals surface area contributed by atoms with E-state index in [-0.39, 0.29) is 0 Å². The average molecular weight is 416 g/mol. The molecule has 0 fully saturated rings. The van der Waals surface area contributed by atoms with Gasteiger partial charge in [-0.25, -0.2) is 0 Å². The van der Waals surface area contributed by atoms with Crippen LogP contribution >= 0.6 is 7.26 Å². The molecule has 3 aromatic rings. The van der Waals surface area contributed by atoms with Gasteiger partial charge in [-0.05, 0) is 63.1 Å². The second-order valence-electron chi connectivity index (χ2n) is 7.84. The van der Waals surface area contributed by atoms with E-state index in [1.54, 1.807) is 0 Å². The van der Waals surface area contributed by atoms with Crippen molar-refractivity contribution in [2.24, 2.45) is 0 Å². The first-order valence-corrected chi connectivity index (χ1v) is 12.5. The first kappa shape index (κ1) is 22.2. The molecule has 3 rings (SSSR count). The van der Waals surface area contributed by atoms with Crippen LogP contribution in [0.25, 0.3) is 0 Å². The third-order valence-electron chi connectivity index (χ3n) is 5.27. The van der Waals surface area contributed by atoms with Gasteiger partial charge in [0.05, 0.1) is 6.61 Å². The lowest BCUT2D eigenvalue weighted by Crippen LogP contribution is -2.34. The van der Waals surface area contributed by atoms with Gasteiger partial charge in [-0.15, -0.1) is 6.58 Å². The van der Waals surface area contributed by atoms with Crippen molar-refractivity contribution in [3.05, 3.63) is 115 Å². The van der Waals surface area contributed by atoms with Gasteiger partial charge in [-0.2, -0.15) is 0 Å². The molecule has 0 atom stereocenters. The molecule has 0 bridgehead atoms. The summed E-state index contributed by atoms with van der Waals surface area (Å²) in [5.74, 6) is 0. The van der Waals surface area contributed by atoms with Gasteiger partial charge >= 0.3 is 0 Å². The zero-order valence-electron chi connectivity index (χ0n) is 18.1. The van der Waals surface area contributed by atoms with E-state index >= 15 is 0 Å². The van der Waals surface area contributed by atoms with E-state index in [4.69, 9.17) is 4.74 Å². The zero-order chi connectivity index (χ0) is 21.2. The van der Waals surface area contributed by atoms with E-state index in [1.807, 2.05) is 0 Å². The smallest absolute Gasteiger partial charge is 0.171 e. The Bertz CT molecular complexity index is 849. The summed E-state index contributed by atoms with van der Waals surface area (Å²) in [7, 11) is -1.91. The van der Waals surface area contributed by atoms with Crippen LogP contribution in [0.4, 0.5) is 0 Å². The molecule has 154 valence electrons. The van der Waals surface area contributed by atoms with Gasteiger partial charge in [-0.3, -0.25) is 0 Å². The van der Waals surface area contributed by atoms with E-state index in [0.29, 0.717) is 13.0 Å². The maximum Gasteiger partial charge on any atom is 0.171 e. The van der Waals surface area contributed by atoms with Crippen molar-refractivity contribution in [1.29, 1.82) is 0 Å². The fourth-order valence-corrected chi connectivity index (χ4v) is 7.44. The van der Waals surface area contributed by atoms with Crippen LogP contribution in [0.2, 0.25) is 0 Å². The van der Waals surface area contributed by atoms with Crippen LogP contribution in [-0.2, 0) is 4.74 Å². The first-order chi connectivity index (χ1) is 14.6. The first-order valence-electron chi connectivity index (χ1n) is 10.6. The second-order valence-corrected chi connectivity index (χ2v) is 11.3. The molecule has 0 aliphatic heterocycles. The highest BCUT2D eigenvalue weighted by Gasteiger charge is 2.45. The SMILES string of the molecule is C=C(C)CC/C=C(\C)COC[P+](c1ccccc1)(c1ccccc1)c1ccccc1. The van der Waals surface area contributed by atoms with Crippen molar-refractivity contribution in [2.75, 3.05) is 13.0 Å². The topological polar surface area (TPSA) is 9.23 Å². The van der Waals surface area contributed by atoms with Crippen molar-refractivity contribution in [3.8, 4) is 0 Å². The highest BCUT2D eigenvalue weighted by Crippen LogP contribution is 2.55. The van der Waals surface area contributed by atoms with Crippen LogP contribution in [0.3, 0.4) is 0 Å². The quantitative estimate of drug-likeness (QED) is 0.281. The van der Waals surface area contributed by atoms with Crippen molar-refractivity contribution in [3.63, 3.8) is 0 Å². The Morgan fingerprint density at radius 2 is 1.20 bits per heavy atom. The molecular weight excluding hydrogens is 383 g/mol. The molecule has 0 saturated heterocycles. The van der Waals surface area contributed by atoms with Gasteiger partial charge in [0.25, 0.3) is 0 Å². The maximum atomic E-state index is 6.44. The normalized spacial score (nSPS) is 12.0. The molecular formula is C28H32OP+. The summed E-state index contributed by atoms with van der Waals surface area (Å²) in [6, 6.07) is 32.6. The number of rotatable bonds is 10. The lowest BCUT2D eigenvalue weighted by Gasteiger charge is -2.27. The van der Waals surface area contributed by atoms with E-state index in [2.05, 4.69) is 117 Å². The summed E-state index contributed by atoms with van der Waals surface area (Å²) in [6.07, 6.45) is 5.03. The Morgan fingerprint density at radius 1 is 0.767 bits per heavy atom. The van der Waals surface area contributed by atoms with Crippen LogP contribution in [0, 0.1) is 0 Å². The largest absolute Gasteiger partial charge is 0.341 e. The standard InChI is InChI=1S/C28H32OP/c1-24(2)14-13-15-25(3)22-29-23-30(26-16-7-4-8-17-26,27-18-9-5-10-19-27)28-20-11-6-12-21-28/h4-12,15-21H,1,13-14,22-23H2,2-3H3/q+1/b25-15+. The number of ether oxygens (including phenoxy) is 1. The minimum absolute atomic E-state index is 0.657. The average Bonchev–Trinajstić information content (AvgIpc) is 2.78. The summed E-state index contributed by atoms with van der Waals surface area (Å²) in [5.41, 5.74) is 2.51. The molecule has 0 radical (unpaired) electrons. The van der Waals surface area contributed by atoms with Crippen LogP contribution in [0.15, 0.2) is 115 Å². The summed E-state index contributed by atoms with van der Waals surface area (Å²) in [6.45, 7) is 8.89. The van der Waals surface area contributed by atoms with Crippen molar-refractivity contribution in [2.45, 2.75) is 26.7 Å². The van der Waals surface area contributed by atoms with Gasteiger partial charge in [0.15, 0.2) is 6.35 Å². The van der Waals surface area contributed by atoms with Gasteiger partial charge in [0.1, 0.15) is 23.2 Å². The zero-order valence-corrected chi connectivity index (χ0v) is 19.0. The van der Waals surface area contributed by atoms with E-state index in [9.17, 15) is 0 Å². The Morgan fingerprint density at radius 3 is 1.60 bits per heavy atom. The maximum absolute atomic E-state index is 6.44. The number of benzene rings is 3. The highest BCUT2D eigenvalue weighted by atomic mass is 31.2. The third kappa shape index (κ3) is 5.57. The molecule has 1 nitrogen and oxygen atoms in total. The monoisotopic (exact) mass is 415 g/mol. The van der Waals surface area contributed by atoms with Crippen molar-refractivity contribution < 1.29 is 4.74 Å². The minimum atomic E-state index is -1.91. The fourth-order valence-electron chi connectivity index (χ4n) is 3.69. The Hall–Kier alpha value is -2.47. The van der Waals surface area contributed by atoms with Gasteiger partial charge in [0, 0.05) is 0 Å². The molecule has 0 amide bonds. The number of hydrogen-bond donors (Lipinski definition) is 0. The van der Waals surface area contributed by atoms with Crippen molar-refractivity contribution >= 4 is 23.2 Å². The summed E-state index contributed by atoms with van der Waals surface area (Å²) in [4.78, 5) is 0. The lowest BCUT2D eigenvalue weighted by atomic mass is 10.1. The van der Waals surface area contributed by atoms with E-state index in [1.165, 1.54) is 27.1 Å². The summed E-state index contributed by atoms with van der Waals surface area (Å²) < 4.78 is 6.44. The summed E-state index contributed by atoms with van der Waals surface area (Å²) >= 11 is 0. The van der Waals surface area contributed by atoms with E-state index in [0.717, 1.165) is 12.8 Å². The van der Waals surface area contributed by atoms with E-state index < -0.39 is 7.26 Å². The number of hydrogen-bond acceptors (Lipinski definition) is 1. The number of allylic oxidation sites excluding steroid dienone is 2. The molecule has 0 aliphatic carbocycles. The van der Waals surface area contributed by atoms with Gasteiger partial charge in [0.2, 0.25) is 0 Å². The Balaban J connectivity index is 1.94. The summed E-state index contributed by atoms with van der Waals surface area (Å²) in [5, 5.41) is 4.06. The molecule has 0 saturated carbocycles. The van der Waals surface area contributed by atoms with Crippen LogP contribution in [0.1, 0.15) is 26.7 Å². The third-order valence-corrected chi connectivity index (χ3v) is 9.38. The van der Waals surface area contributed by atoms with Crippen molar-refractivity contribution in [1.82, 2.24) is 0 Å². The molecule has 3 aromatic carbocycles. The molecule has 0 spiro atoms. The molecule has 0 unspecified atom stereocenters. The fraction of sp³-hybridized carbons (Fsp3) is 0.214.